The van der Waals surface area contributed by atoms with E-state index in [2.05, 4.69) is 0 Å². The molecule has 4 nitrogen and oxygen atoms in total. The van der Waals surface area contributed by atoms with Crippen LogP contribution < -0.4 is 0 Å². The van der Waals surface area contributed by atoms with Crippen molar-refractivity contribution >= 4 is 7.75 Å². The van der Waals surface area contributed by atoms with Crippen LogP contribution in [0.25, 0.3) is 0 Å². The smallest absolute Gasteiger partial charge is 0.300 e. The lowest BCUT2D eigenvalue weighted by Gasteiger charge is -2.23. The van der Waals surface area contributed by atoms with E-state index >= 15 is 0 Å². The van der Waals surface area contributed by atoms with E-state index in [1.165, 1.54) is 14.2 Å². The Morgan fingerprint density at radius 1 is 1.20 bits per heavy atom. The van der Waals surface area contributed by atoms with Gasteiger partial charge in [-0.2, -0.15) is 0 Å². The third-order valence-electron chi connectivity index (χ3n) is 2.13. The van der Waals surface area contributed by atoms with E-state index in [4.69, 9.17) is 9.05 Å². The molecule has 0 atom stereocenters. The SMILES string of the molecule is COP(=O)(OC)N(C)Cc1ccccc1. The predicted molar refractivity (Wildman–Crippen MR) is 59.5 cm³/mol. The van der Waals surface area contributed by atoms with Crippen molar-refractivity contribution in [2.75, 3.05) is 21.3 Å². The van der Waals surface area contributed by atoms with Crippen LogP contribution in [0.15, 0.2) is 30.3 Å². The molecule has 1 rings (SSSR count). The average Bonchev–Trinajstić information content (AvgIpc) is 2.29. The van der Waals surface area contributed by atoms with E-state index in [1.54, 1.807) is 11.7 Å². The zero-order chi connectivity index (χ0) is 11.3. The lowest BCUT2D eigenvalue weighted by atomic mass is 10.2. The Morgan fingerprint density at radius 2 is 1.73 bits per heavy atom. The van der Waals surface area contributed by atoms with Gasteiger partial charge in [0.15, 0.2) is 0 Å². The molecule has 0 radical (unpaired) electrons. The third kappa shape index (κ3) is 3.14. The quantitative estimate of drug-likeness (QED) is 0.727. The number of hydrogen-bond acceptors (Lipinski definition) is 3. The van der Waals surface area contributed by atoms with Crippen LogP contribution in [0.3, 0.4) is 0 Å². The van der Waals surface area contributed by atoms with Gasteiger partial charge in [0.25, 0.3) is 0 Å². The summed E-state index contributed by atoms with van der Waals surface area (Å²) in [6.45, 7) is 0.528. The molecule has 0 amide bonds. The van der Waals surface area contributed by atoms with Crippen molar-refractivity contribution in [1.82, 2.24) is 4.67 Å². The highest BCUT2D eigenvalue weighted by atomic mass is 31.2. The minimum absolute atomic E-state index is 0.528. The zero-order valence-corrected chi connectivity index (χ0v) is 10.1. The fourth-order valence-corrected chi connectivity index (χ4v) is 2.33. The molecule has 1 aromatic carbocycles. The van der Waals surface area contributed by atoms with Crippen molar-refractivity contribution in [1.29, 1.82) is 0 Å². The van der Waals surface area contributed by atoms with Crippen LogP contribution in [0.1, 0.15) is 5.56 Å². The molecular weight excluding hydrogens is 213 g/mol. The Balaban J connectivity index is 2.71. The Hall–Kier alpha value is -0.670. The first-order valence-electron chi connectivity index (χ1n) is 4.59. The molecule has 84 valence electrons. The monoisotopic (exact) mass is 229 g/mol. The fourth-order valence-electron chi connectivity index (χ4n) is 1.29. The molecule has 1 aromatic rings. The van der Waals surface area contributed by atoms with Gasteiger partial charge in [-0.05, 0) is 12.6 Å². The van der Waals surface area contributed by atoms with Crippen LogP contribution in [0.2, 0.25) is 0 Å². The Labute approximate surface area is 90.4 Å². The summed E-state index contributed by atoms with van der Waals surface area (Å²) in [4.78, 5) is 0. The van der Waals surface area contributed by atoms with Crippen molar-refractivity contribution in [3.05, 3.63) is 35.9 Å². The van der Waals surface area contributed by atoms with Gasteiger partial charge < -0.3 is 0 Å². The summed E-state index contributed by atoms with van der Waals surface area (Å²) < 4.78 is 23.3. The first-order valence-corrected chi connectivity index (χ1v) is 6.09. The maximum Gasteiger partial charge on any atom is 0.407 e. The van der Waals surface area contributed by atoms with Crippen LogP contribution in [0, 0.1) is 0 Å². The molecule has 0 N–H and O–H groups in total. The molecule has 5 heteroatoms. The molecule has 0 aromatic heterocycles. The maximum absolute atomic E-state index is 11.9. The van der Waals surface area contributed by atoms with Crippen molar-refractivity contribution in [3.8, 4) is 0 Å². The number of hydrogen-bond donors (Lipinski definition) is 0. The van der Waals surface area contributed by atoms with Crippen LogP contribution in [0.5, 0.6) is 0 Å². The summed E-state index contributed by atoms with van der Waals surface area (Å²) in [5.41, 5.74) is 1.06. The first-order chi connectivity index (χ1) is 7.12. The lowest BCUT2D eigenvalue weighted by molar-refractivity contribution is 0.218. The molecule has 0 aliphatic carbocycles. The highest BCUT2D eigenvalue weighted by molar-refractivity contribution is 7.51. The van der Waals surface area contributed by atoms with Crippen molar-refractivity contribution < 1.29 is 13.6 Å². The van der Waals surface area contributed by atoms with Crippen LogP contribution >= 0.6 is 7.75 Å². The largest absolute Gasteiger partial charge is 0.407 e. The van der Waals surface area contributed by atoms with E-state index in [9.17, 15) is 4.57 Å². The fraction of sp³-hybridized carbons (Fsp3) is 0.400. The van der Waals surface area contributed by atoms with E-state index in [1.807, 2.05) is 30.3 Å². The van der Waals surface area contributed by atoms with E-state index in [0.717, 1.165) is 5.56 Å². The molecule has 0 unspecified atom stereocenters. The summed E-state index contributed by atoms with van der Waals surface area (Å²) in [6, 6.07) is 9.75. The Bertz CT molecular complexity index is 334. The first kappa shape index (κ1) is 12.4. The molecule has 0 fully saturated rings. The number of rotatable bonds is 5. The lowest BCUT2D eigenvalue weighted by Crippen LogP contribution is -2.16. The van der Waals surface area contributed by atoms with Gasteiger partial charge in [-0.25, -0.2) is 9.24 Å². The second-order valence-corrected chi connectivity index (χ2v) is 5.49. The Kier molecular flexibility index (Phi) is 4.48. The molecule has 0 aliphatic rings. The number of benzene rings is 1. The molecule has 15 heavy (non-hydrogen) atoms. The van der Waals surface area contributed by atoms with E-state index in [-0.39, 0.29) is 0 Å². The second-order valence-electron chi connectivity index (χ2n) is 3.14. The highest BCUT2D eigenvalue weighted by Crippen LogP contribution is 2.49. The minimum atomic E-state index is -3.10. The maximum atomic E-state index is 11.9. The number of nitrogens with zero attached hydrogens (tertiary/aromatic N) is 1. The second kappa shape index (κ2) is 5.42. The van der Waals surface area contributed by atoms with Crippen LogP contribution in [-0.2, 0) is 20.2 Å². The van der Waals surface area contributed by atoms with E-state index < -0.39 is 7.75 Å². The van der Waals surface area contributed by atoms with Gasteiger partial charge in [-0.15, -0.1) is 0 Å². The van der Waals surface area contributed by atoms with Crippen molar-refractivity contribution in [3.63, 3.8) is 0 Å². The molecule has 0 spiro atoms. The van der Waals surface area contributed by atoms with Gasteiger partial charge in [0.05, 0.1) is 0 Å². The summed E-state index contributed by atoms with van der Waals surface area (Å²) in [5.74, 6) is 0. The summed E-state index contributed by atoms with van der Waals surface area (Å²) >= 11 is 0. The molecule has 0 saturated heterocycles. The molecule has 0 aliphatic heterocycles. The van der Waals surface area contributed by atoms with Crippen LogP contribution in [0.4, 0.5) is 0 Å². The average molecular weight is 229 g/mol. The van der Waals surface area contributed by atoms with Crippen molar-refractivity contribution in [2.24, 2.45) is 0 Å². The normalized spacial score (nSPS) is 12.0. The van der Waals surface area contributed by atoms with Gasteiger partial charge in [0.2, 0.25) is 0 Å². The highest BCUT2D eigenvalue weighted by Gasteiger charge is 2.27. The minimum Gasteiger partial charge on any atom is -0.300 e. The van der Waals surface area contributed by atoms with Gasteiger partial charge in [-0.3, -0.25) is 9.05 Å². The van der Waals surface area contributed by atoms with Gasteiger partial charge in [-0.1, -0.05) is 30.3 Å². The standard InChI is InChI=1S/C10H16NO3P/c1-11(15(12,13-2)14-3)9-10-7-5-4-6-8-10/h4-8H,9H2,1-3H3. The summed E-state index contributed by atoms with van der Waals surface area (Å²) in [7, 11) is 1.37. The van der Waals surface area contributed by atoms with Gasteiger partial charge in [0, 0.05) is 20.8 Å². The van der Waals surface area contributed by atoms with Gasteiger partial charge in [0.1, 0.15) is 0 Å². The summed E-state index contributed by atoms with van der Waals surface area (Å²) in [6.07, 6.45) is 0. The topological polar surface area (TPSA) is 38.8 Å². The molecular formula is C10H16NO3P. The third-order valence-corrected chi connectivity index (χ3v) is 4.03. The van der Waals surface area contributed by atoms with Gasteiger partial charge >= 0.3 is 7.75 Å². The summed E-state index contributed by atoms with van der Waals surface area (Å²) in [5, 5.41) is 0. The predicted octanol–water partition coefficient (Wildman–Crippen LogP) is 2.52. The van der Waals surface area contributed by atoms with E-state index in [0.29, 0.717) is 6.54 Å². The molecule has 0 saturated carbocycles. The van der Waals surface area contributed by atoms with Crippen molar-refractivity contribution in [2.45, 2.75) is 6.54 Å². The zero-order valence-electron chi connectivity index (χ0n) is 9.21. The molecule has 0 bridgehead atoms. The van der Waals surface area contributed by atoms with Crippen LogP contribution in [-0.4, -0.2) is 25.9 Å². The Morgan fingerprint density at radius 3 is 2.20 bits per heavy atom. The molecule has 0 heterocycles.